The number of hydrogen-bond acceptors (Lipinski definition) is 6. The van der Waals surface area contributed by atoms with Gasteiger partial charge in [-0.25, -0.2) is 18.3 Å². The van der Waals surface area contributed by atoms with Crippen molar-refractivity contribution in [3.05, 3.63) is 47.2 Å². The number of piperidine rings is 1. The normalized spacial score (nSPS) is 26.1. The lowest BCUT2D eigenvalue weighted by molar-refractivity contribution is -0.183. The van der Waals surface area contributed by atoms with Crippen LogP contribution in [-0.2, 0) is 22.5 Å². The zero-order valence-electron chi connectivity index (χ0n) is 25.5. The van der Waals surface area contributed by atoms with Crippen LogP contribution < -0.4 is 10.6 Å². The van der Waals surface area contributed by atoms with E-state index < -0.39 is 60.7 Å². The molecule has 1 saturated carbocycles. The van der Waals surface area contributed by atoms with E-state index in [4.69, 9.17) is 14.8 Å². The fraction of sp³-hybridized carbons (Fsp3) is 0.645. The van der Waals surface area contributed by atoms with Crippen LogP contribution in [0.15, 0.2) is 24.5 Å². The molecular formula is C31H38F5N7O3. The van der Waals surface area contributed by atoms with E-state index in [-0.39, 0.29) is 25.2 Å². The second-order valence-corrected chi connectivity index (χ2v) is 12.7. The van der Waals surface area contributed by atoms with Gasteiger partial charge in [0.25, 0.3) is 5.91 Å². The van der Waals surface area contributed by atoms with Gasteiger partial charge in [-0.15, -0.1) is 0 Å². The number of hydrogen-bond donors (Lipinski definition) is 2. The number of nitrogens with one attached hydrogen (secondary N) is 2. The van der Waals surface area contributed by atoms with Gasteiger partial charge in [-0.05, 0) is 62.6 Å². The van der Waals surface area contributed by atoms with Crippen LogP contribution in [0.4, 0.5) is 22.0 Å². The summed E-state index contributed by atoms with van der Waals surface area (Å²) in [6.45, 7) is 2.81. The minimum Gasteiger partial charge on any atom is -0.381 e. The maximum atomic E-state index is 14.7. The number of nitrogens with zero attached hydrogens (tertiary/aromatic N) is 5. The molecule has 10 nitrogen and oxygen atoms in total. The van der Waals surface area contributed by atoms with Crippen molar-refractivity contribution in [3.8, 4) is 0 Å². The molecule has 46 heavy (non-hydrogen) atoms. The summed E-state index contributed by atoms with van der Waals surface area (Å²) in [6.07, 6.45) is -0.0524. The van der Waals surface area contributed by atoms with Gasteiger partial charge in [-0.1, -0.05) is 0 Å². The van der Waals surface area contributed by atoms with Gasteiger partial charge in [-0.3, -0.25) is 14.3 Å². The lowest BCUT2D eigenvalue weighted by atomic mass is 9.80. The van der Waals surface area contributed by atoms with Crippen molar-refractivity contribution < 1.29 is 36.3 Å². The SMILES string of the molecule is CCn1nccc1C(=O)NC(c1cn2nc(C[C@H]3C[C@@H](C(F)(F)F)CNC3=O)c(C3CCCOC3)cc2n1)[C@H]1CCCC(F)(F)C1. The highest BCUT2D eigenvalue weighted by atomic mass is 19.4. The first-order valence-electron chi connectivity index (χ1n) is 15.9. The topological polar surface area (TPSA) is 115 Å². The number of alkyl halides is 5. The smallest absolute Gasteiger partial charge is 0.381 e. The number of imidazole rings is 1. The van der Waals surface area contributed by atoms with Gasteiger partial charge >= 0.3 is 6.18 Å². The Labute approximate surface area is 262 Å². The molecule has 5 heterocycles. The van der Waals surface area contributed by atoms with E-state index in [0.717, 1.165) is 18.4 Å². The third kappa shape index (κ3) is 6.88. The highest BCUT2D eigenvalue weighted by Crippen LogP contribution is 2.42. The van der Waals surface area contributed by atoms with Crippen molar-refractivity contribution in [3.63, 3.8) is 0 Å². The number of fused-ring (bicyclic) bond motifs is 1. The fourth-order valence-corrected chi connectivity index (χ4v) is 7.12. The first kappa shape index (κ1) is 32.3. The van der Waals surface area contributed by atoms with Gasteiger partial charge < -0.3 is 15.4 Å². The van der Waals surface area contributed by atoms with Gasteiger partial charge in [0.2, 0.25) is 11.8 Å². The molecule has 0 spiro atoms. The summed E-state index contributed by atoms with van der Waals surface area (Å²) in [6, 6.07) is 2.50. The Bertz CT molecular complexity index is 1570. The first-order valence-corrected chi connectivity index (χ1v) is 15.9. The molecule has 3 aliphatic rings. The Kier molecular flexibility index (Phi) is 9.05. The molecule has 1 aliphatic carbocycles. The minimum absolute atomic E-state index is 0.0102. The van der Waals surface area contributed by atoms with Gasteiger partial charge in [0.1, 0.15) is 5.69 Å². The predicted molar refractivity (Wildman–Crippen MR) is 155 cm³/mol. The number of rotatable bonds is 8. The van der Waals surface area contributed by atoms with Gasteiger partial charge in [-0.2, -0.15) is 23.4 Å². The maximum Gasteiger partial charge on any atom is 0.393 e. The van der Waals surface area contributed by atoms with E-state index in [9.17, 15) is 31.5 Å². The monoisotopic (exact) mass is 651 g/mol. The molecule has 2 unspecified atom stereocenters. The largest absolute Gasteiger partial charge is 0.393 e. The Morgan fingerprint density at radius 2 is 2.09 bits per heavy atom. The van der Waals surface area contributed by atoms with E-state index in [0.29, 0.717) is 55.3 Å². The molecule has 5 atom stereocenters. The second-order valence-electron chi connectivity index (χ2n) is 12.7. The molecule has 0 aromatic carbocycles. The third-order valence-electron chi connectivity index (χ3n) is 9.55. The average molecular weight is 652 g/mol. The van der Waals surface area contributed by atoms with Crippen molar-refractivity contribution in [2.45, 2.75) is 88.9 Å². The maximum absolute atomic E-state index is 14.7. The summed E-state index contributed by atoms with van der Waals surface area (Å²) in [7, 11) is 0. The fourth-order valence-electron chi connectivity index (χ4n) is 7.12. The van der Waals surface area contributed by atoms with Crippen molar-refractivity contribution in [2.75, 3.05) is 19.8 Å². The van der Waals surface area contributed by atoms with E-state index in [1.54, 1.807) is 18.3 Å². The molecule has 2 N–H and O–H groups in total. The zero-order valence-corrected chi connectivity index (χ0v) is 25.5. The van der Waals surface area contributed by atoms with Crippen LogP contribution in [0.5, 0.6) is 0 Å². The van der Waals surface area contributed by atoms with E-state index in [2.05, 4.69) is 15.7 Å². The summed E-state index contributed by atoms with van der Waals surface area (Å²) in [4.78, 5) is 30.9. The lowest BCUT2D eigenvalue weighted by Crippen LogP contribution is -2.47. The molecule has 0 bridgehead atoms. The number of halogens is 5. The summed E-state index contributed by atoms with van der Waals surface area (Å²) < 4.78 is 78.7. The van der Waals surface area contributed by atoms with Crippen molar-refractivity contribution in [1.29, 1.82) is 0 Å². The lowest BCUT2D eigenvalue weighted by Gasteiger charge is -2.34. The number of carbonyl (C=O) groups excluding carboxylic acids is 2. The molecule has 2 saturated heterocycles. The standard InChI is InChI=1S/C31H38F5N7O3/c1-2-42-25(7-9-38-42)29(45)40-27(18-5-3-8-30(32,33)14-18)24-16-43-26(39-24)13-22(19-6-4-10-46-17-19)23(41-43)12-20-11-21(31(34,35)36)15-37-28(20)44/h7,9,13,16,18-21,27H,2-6,8,10-12,14-15,17H2,1H3,(H,37,44)(H,40,45)/t18-,19?,20+,21+,27?/m0/s1. The molecule has 3 aromatic heterocycles. The molecular weight excluding hydrogens is 613 g/mol. The van der Waals surface area contributed by atoms with Crippen molar-refractivity contribution in [2.24, 2.45) is 17.8 Å². The molecule has 6 rings (SSSR count). The number of carbonyl (C=O) groups is 2. The molecule has 2 amide bonds. The van der Waals surface area contributed by atoms with Crippen LogP contribution in [-0.4, -0.2) is 68.1 Å². The first-order chi connectivity index (χ1) is 21.9. The van der Waals surface area contributed by atoms with Crippen LogP contribution in [0.3, 0.4) is 0 Å². The summed E-state index contributed by atoms with van der Waals surface area (Å²) in [5.74, 6) is -7.10. The second kappa shape index (κ2) is 12.9. The van der Waals surface area contributed by atoms with E-state index in [1.807, 2.05) is 6.92 Å². The summed E-state index contributed by atoms with van der Waals surface area (Å²) >= 11 is 0. The number of amides is 2. The van der Waals surface area contributed by atoms with E-state index >= 15 is 0 Å². The van der Waals surface area contributed by atoms with Crippen molar-refractivity contribution in [1.82, 2.24) is 35.0 Å². The van der Waals surface area contributed by atoms with Crippen LogP contribution in [0, 0.1) is 17.8 Å². The van der Waals surface area contributed by atoms with Crippen molar-refractivity contribution >= 4 is 17.5 Å². The highest BCUT2D eigenvalue weighted by Gasteiger charge is 2.45. The summed E-state index contributed by atoms with van der Waals surface area (Å²) in [5, 5.41) is 14.3. The Morgan fingerprint density at radius 3 is 2.80 bits per heavy atom. The average Bonchev–Trinajstić information content (AvgIpc) is 3.67. The molecule has 250 valence electrons. The van der Waals surface area contributed by atoms with Crippen LogP contribution in [0.2, 0.25) is 0 Å². The number of ether oxygens (including phenoxy) is 1. The van der Waals surface area contributed by atoms with Gasteiger partial charge in [0.15, 0.2) is 5.65 Å². The molecule has 3 fully saturated rings. The Balaban J connectivity index is 1.37. The summed E-state index contributed by atoms with van der Waals surface area (Å²) in [5.41, 5.74) is 2.25. The van der Waals surface area contributed by atoms with Crippen LogP contribution >= 0.6 is 0 Å². The third-order valence-corrected chi connectivity index (χ3v) is 9.55. The molecule has 2 aliphatic heterocycles. The van der Waals surface area contributed by atoms with Gasteiger partial charge in [0.05, 0.1) is 36.2 Å². The quantitative estimate of drug-likeness (QED) is 0.332. The highest BCUT2D eigenvalue weighted by molar-refractivity contribution is 5.92. The predicted octanol–water partition coefficient (Wildman–Crippen LogP) is 4.99. The van der Waals surface area contributed by atoms with Crippen LogP contribution in [0.25, 0.3) is 5.65 Å². The Morgan fingerprint density at radius 1 is 1.26 bits per heavy atom. The number of aromatic nitrogens is 5. The molecule has 15 heteroatoms. The molecule has 0 radical (unpaired) electrons. The van der Waals surface area contributed by atoms with Crippen LogP contribution in [0.1, 0.15) is 91.3 Å². The number of aryl methyl sites for hydroxylation is 1. The zero-order chi connectivity index (χ0) is 32.6. The van der Waals surface area contributed by atoms with E-state index in [1.165, 1.54) is 15.4 Å². The minimum atomic E-state index is -4.44. The Hall–Kier alpha value is -3.62. The molecule has 3 aromatic rings. The van der Waals surface area contributed by atoms with Gasteiger partial charge in [0, 0.05) is 57.0 Å².